The molecule has 34 heavy (non-hydrogen) atoms. The van der Waals surface area contributed by atoms with Gasteiger partial charge < -0.3 is 14.6 Å². The first-order valence-electron chi connectivity index (χ1n) is 11.0. The molecule has 0 unspecified atom stereocenters. The maximum absolute atomic E-state index is 13.3. The lowest BCUT2D eigenvalue weighted by Crippen LogP contribution is -2.26. The number of pyridine rings is 1. The van der Waals surface area contributed by atoms with Gasteiger partial charge in [-0.05, 0) is 54.8 Å². The van der Waals surface area contributed by atoms with E-state index < -0.39 is 15.4 Å². The minimum absolute atomic E-state index is 0.0462. The number of aromatic nitrogens is 1. The van der Waals surface area contributed by atoms with Gasteiger partial charge in [0.15, 0.2) is 11.5 Å². The van der Waals surface area contributed by atoms with Crippen molar-refractivity contribution in [2.24, 2.45) is 0 Å². The molecule has 1 aromatic heterocycles. The van der Waals surface area contributed by atoms with Gasteiger partial charge in [0.25, 0.3) is 0 Å². The Bertz CT molecular complexity index is 1330. The molecule has 0 amide bonds. The Balaban J connectivity index is 1.32. The lowest BCUT2D eigenvalue weighted by atomic mass is 9.88. The van der Waals surface area contributed by atoms with Gasteiger partial charge in [-0.1, -0.05) is 24.3 Å². The van der Waals surface area contributed by atoms with Crippen molar-refractivity contribution in [1.29, 1.82) is 0 Å². The molecular weight excluding hydrogens is 456 g/mol. The summed E-state index contributed by atoms with van der Waals surface area (Å²) >= 11 is 0. The Kier molecular flexibility index (Phi) is 5.85. The largest absolute Gasteiger partial charge is 0.454 e. The van der Waals surface area contributed by atoms with Crippen LogP contribution in [0.25, 0.3) is 11.3 Å². The van der Waals surface area contributed by atoms with E-state index in [0.717, 1.165) is 24.0 Å². The predicted octanol–water partition coefficient (Wildman–Crippen LogP) is 2.59. The van der Waals surface area contributed by atoms with Crippen molar-refractivity contribution in [1.82, 2.24) is 9.71 Å². The molecule has 1 saturated carbocycles. The zero-order valence-corrected chi connectivity index (χ0v) is 19.2. The molecule has 3 aromatic rings. The molecule has 2 N–H and O–H groups in total. The number of ketones is 1. The summed E-state index contributed by atoms with van der Waals surface area (Å²) in [5.74, 6) is 1.49. The maximum atomic E-state index is 13.3. The molecule has 1 aliphatic carbocycles. The first kappa shape index (κ1) is 22.5. The molecule has 2 heterocycles. The number of hydrogen-bond acceptors (Lipinski definition) is 7. The number of ether oxygens (including phenoxy) is 2. The highest BCUT2D eigenvalue weighted by atomic mass is 32.2. The van der Waals surface area contributed by atoms with Gasteiger partial charge in [0.1, 0.15) is 5.78 Å². The molecule has 0 spiro atoms. The van der Waals surface area contributed by atoms with Gasteiger partial charge >= 0.3 is 0 Å². The number of Topliss-reactive ketones (excluding diaryl/α,β-unsaturated/α-hetero) is 1. The number of carbonyl (C=O) groups excluding carboxylic acids is 1. The number of aliphatic hydroxyl groups is 1. The molecular formula is C25H24N2O6S. The van der Waals surface area contributed by atoms with E-state index in [2.05, 4.69) is 9.71 Å². The van der Waals surface area contributed by atoms with Crippen molar-refractivity contribution in [3.63, 3.8) is 0 Å². The molecule has 176 valence electrons. The van der Waals surface area contributed by atoms with Crippen LogP contribution in [0.2, 0.25) is 0 Å². The molecule has 0 saturated heterocycles. The number of benzene rings is 2. The number of hydrogen-bond donors (Lipinski definition) is 2. The van der Waals surface area contributed by atoms with E-state index in [-0.39, 0.29) is 37.0 Å². The summed E-state index contributed by atoms with van der Waals surface area (Å²) in [5.41, 5.74) is 2.51. The number of nitrogens with zero attached hydrogens (tertiary/aromatic N) is 1. The van der Waals surface area contributed by atoms with Crippen molar-refractivity contribution in [2.45, 2.75) is 29.6 Å². The van der Waals surface area contributed by atoms with Crippen LogP contribution in [-0.2, 0) is 26.7 Å². The lowest BCUT2D eigenvalue weighted by molar-refractivity contribution is -0.120. The van der Waals surface area contributed by atoms with Gasteiger partial charge in [-0.15, -0.1) is 0 Å². The normalized spacial score (nSPS) is 15.8. The first-order chi connectivity index (χ1) is 16.4. The molecule has 0 radical (unpaired) electrons. The summed E-state index contributed by atoms with van der Waals surface area (Å²) in [7, 11) is -3.68. The molecule has 0 bridgehead atoms. The molecule has 1 aliphatic heterocycles. The summed E-state index contributed by atoms with van der Waals surface area (Å²) in [5, 5.41) is 8.84. The van der Waals surface area contributed by atoms with E-state index in [1.54, 1.807) is 12.1 Å². The Morgan fingerprint density at radius 2 is 1.79 bits per heavy atom. The number of sulfonamides is 1. The minimum atomic E-state index is -3.68. The molecule has 2 aromatic carbocycles. The minimum Gasteiger partial charge on any atom is -0.454 e. The molecule has 8 nitrogen and oxygen atoms in total. The highest BCUT2D eigenvalue weighted by molar-refractivity contribution is 7.89. The SMILES string of the molecule is O=C(Cc1cccc(-c2ccc(S(=O)(=O)NCCO)cc2)n1)C1(c2ccc3c(c2)OCO3)CC1. The van der Waals surface area contributed by atoms with E-state index in [0.29, 0.717) is 22.9 Å². The monoisotopic (exact) mass is 480 g/mol. The summed E-state index contributed by atoms with van der Waals surface area (Å²) in [6, 6.07) is 17.5. The van der Waals surface area contributed by atoms with Crippen LogP contribution in [0.4, 0.5) is 0 Å². The van der Waals surface area contributed by atoms with Crippen LogP contribution in [0.1, 0.15) is 24.1 Å². The van der Waals surface area contributed by atoms with Gasteiger partial charge in [0.2, 0.25) is 16.8 Å². The molecule has 0 atom stereocenters. The highest BCUT2D eigenvalue weighted by Gasteiger charge is 2.51. The standard InChI is InChI=1S/C25H24N2O6S/c28-13-12-26-34(30,31)20-7-4-17(5-8-20)21-3-1-2-19(27-21)15-24(29)25(10-11-25)18-6-9-22-23(14-18)33-16-32-22/h1-9,14,26,28H,10-13,15-16H2. The van der Waals surface area contributed by atoms with Crippen molar-refractivity contribution in [3.8, 4) is 22.8 Å². The van der Waals surface area contributed by atoms with E-state index in [9.17, 15) is 13.2 Å². The Morgan fingerprint density at radius 1 is 1.03 bits per heavy atom. The summed E-state index contributed by atoms with van der Waals surface area (Å²) in [6.07, 6.45) is 1.80. The van der Waals surface area contributed by atoms with E-state index in [1.807, 2.05) is 36.4 Å². The van der Waals surface area contributed by atoms with Crippen LogP contribution in [0, 0.1) is 0 Å². The van der Waals surface area contributed by atoms with E-state index >= 15 is 0 Å². The zero-order chi connectivity index (χ0) is 23.8. The van der Waals surface area contributed by atoms with Crippen LogP contribution in [0.5, 0.6) is 11.5 Å². The second-order valence-electron chi connectivity index (χ2n) is 8.41. The average molecular weight is 481 g/mol. The van der Waals surface area contributed by atoms with Gasteiger partial charge in [-0.2, -0.15) is 0 Å². The molecule has 1 fully saturated rings. The maximum Gasteiger partial charge on any atom is 0.240 e. The molecule has 5 rings (SSSR count). The molecule has 9 heteroatoms. The summed E-state index contributed by atoms with van der Waals surface area (Å²) in [6.45, 7) is -0.124. The van der Waals surface area contributed by atoms with Crippen molar-refractivity contribution >= 4 is 15.8 Å². The summed E-state index contributed by atoms with van der Waals surface area (Å²) < 4.78 is 37.6. The number of carbonyl (C=O) groups is 1. The third-order valence-corrected chi connectivity index (χ3v) is 7.70. The van der Waals surface area contributed by atoms with Gasteiger partial charge in [-0.25, -0.2) is 13.1 Å². The van der Waals surface area contributed by atoms with Crippen molar-refractivity contribution in [3.05, 3.63) is 71.9 Å². The van der Waals surface area contributed by atoms with E-state index in [1.165, 1.54) is 12.1 Å². The third-order valence-electron chi connectivity index (χ3n) is 6.22. The van der Waals surface area contributed by atoms with Crippen LogP contribution < -0.4 is 14.2 Å². The van der Waals surface area contributed by atoms with Crippen LogP contribution >= 0.6 is 0 Å². The van der Waals surface area contributed by atoms with Crippen LogP contribution in [-0.4, -0.2) is 44.2 Å². The first-order valence-corrected chi connectivity index (χ1v) is 12.5. The van der Waals surface area contributed by atoms with Gasteiger partial charge in [0, 0.05) is 24.2 Å². The Hall–Kier alpha value is -3.27. The lowest BCUT2D eigenvalue weighted by Gasteiger charge is -2.15. The quantitative estimate of drug-likeness (QED) is 0.484. The number of aliphatic hydroxyl groups excluding tert-OH is 1. The Labute approximate surface area is 197 Å². The van der Waals surface area contributed by atoms with E-state index in [4.69, 9.17) is 14.6 Å². The number of fused-ring (bicyclic) bond motifs is 1. The molecule has 2 aliphatic rings. The van der Waals surface area contributed by atoms with Crippen molar-refractivity contribution in [2.75, 3.05) is 19.9 Å². The Morgan fingerprint density at radius 3 is 2.53 bits per heavy atom. The van der Waals surface area contributed by atoms with Crippen molar-refractivity contribution < 1.29 is 27.8 Å². The number of nitrogens with one attached hydrogen (secondary N) is 1. The number of rotatable bonds is 9. The second kappa shape index (κ2) is 8.83. The van der Waals surface area contributed by atoms with Crippen LogP contribution in [0.3, 0.4) is 0 Å². The fourth-order valence-corrected chi connectivity index (χ4v) is 5.21. The smallest absolute Gasteiger partial charge is 0.240 e. The van der Waals surface area contributed by atoms with Gasteiger partial charge in [0.05, 0.1) is 22.6 Å². The zero-order valence-electron chi connectivity index (χ0n) is 18.4. The highest BCUT2D eigenvalue weighted by Crippen LogP contribution is 2.51. The summed E-state index contributed by atoms with van der Waals surface area (Å²) in [4.78, 5) is 18.0. The average Bonchev–Trinajstić information content (AvgIpc) is 3.54. The fraction of sp³-hybridized carbons (Fsp3) is 0.280. The van der Waals surface area contributed by atoms with Crippen LogP contribution in [0.15, 0.2) is 65.6 Å². The predicted molar refractivity (Wildman–Crippen MR) is 124 cm³/mol. The second-order valence-corrected chi connectivity index (χ2v) is 10.2. The fourth-order valence-electron chi connectivity index (χ4n) is 4.19. The third kappa shape index (κ3) is 4.29. The van der Waals surface area contributed by atoms with Gasteiger partial charge in [-0.3, -0.25) is 9.78 Å². The topological polar surface area (TPSA) is 115 Å².